The van der Waals surface area contributed by atoms with E-state index in [0.717, 1.165) is 0 Å². The number of rotatable bonds is 8. The van der Waals surface area contributed by atoms with Crippen LogP contribution < -0.4 is 4.74 Å². The molecular formula is C22H26O5. The van der Waals surface area contributed by atoms with Crippen LogP contribution in [0.15, 0.2) is 48.5 Å². The molecule has 0 heterocycles. The van der Waals surface area contributed by atoms with Gasteiger partial charge in [0, 0.05) is 25.3 Å². The summed E-state index contributed by atoms with van der Waals surface area (Å²) in [5, 5.41) is 0. The fourth-order valence-electron chi connectivity index (χ4n) is 2.37. The van der Waals surface area contributed by atoms with Gasteiger partial charge in [0.1, 0.15) is 22.7 Å². The van der Waals surface area contributed by atoms with Crippen molar-refractivity contribution in [2.75, 3.05) is 14.2 Å². The highest BCUT2D eigenvalue weighted by Crippen LogP contribution is 2.25. The van der Waals surface area contributed by atoms with Gasteiger partial charge in [-0.3, -0.25) is 9.59 Å². The Bertz CT molecular complexity index is 732. The molecule has 2 aromatic rings. The monoisotopic (exact) mass is 370 g/mol. The van der Waals surface area contributed by atoms with Crippen molar-refractivity contribution in [2.24, 2.45) is 0 Å². The molecule has 27 heavy (non-hydrogen) atoms. The lowest BCUT2D eigenvalue weighted by Gasteiger charge is -2.21. The summed E-state index contributed by atoms with van der Waals surface area (Å²) in [4.78, 5) is 24.7. The van der Waals surface area contributed by atoms with Crippen LogP contribution in [-0.4, -0.2) is 37.0 Å². The van der Waals surface area contributed by atoms with E-state index in [-0.39, 0.29) is 11.6 Å². The minimum Gasteiger partial charge on any atom is -0.457 e. The SMILES string of the molecule is COC(C)(C)C(=O)c1ccc(Oc2ccc(C(=O)C(C)(C)OC)cc2)cc1. The van der Waals surface area contributed by atoms with Crippen LogP contribution in [0.4, 0.5) is 0 Å². The smallest absolute Gasteiger partial charge is 0.194 e. The third kappa shape index (κ3) is 4.81. The summed E-state index contributed by atoms with van der Waals surface area (Å²) in [7, 11) is 3.02. The van der Waals surface area contributed by atoms with Gasteiger partial charge in [0.15, 0.2) is 11.6 Å². The van der Waals surface area contributed by atoms with Crippen LogP contribution >= 0.6 is 0 Å². The zero-order valence-corrected chi connectivity index (χ0v) is 16.7. The van der Waals surface area contributed by atoms with Crippen molar-refractivity contribution in [1.82, 2.24) is 0 Å². The van der Waals surface area contributed by atoms with E-state index < -0.39 is 11.2 Å². The highest BCUT2D eigenvalue weighted by atomic mass is 16.5. The molecule has 5 nitrogen and oxygen atoms in total. The zero-order valence-electron chi connectivity index (χ0n) is 16.7. The number of carbonyl (C=O) groups excluding carboxylic acids is 2. The summed E-state index contributed by atoms with van der Waals surface area (Å²) >= 11 is 0. The predicted molar refractivity (Wildman–Crippen MR) is 104 cm³/mol. The molecule has 0 N–H and O–H groups in total. The maximum Gasteiger partial charge on any atom is 0.194 e. The number of methoxy groups -OCH3 is 2. The molecule has 0 unspecified atom stereocenters. The van der Waals surface area contributed by atoms with Crippen LogP contribution in [0.1, 0.15) is 48.4 Å². The van der Waals surface area contributed by atoms with Crippen LogP contribution in [0, 0.1) is 0 Å². The average Bonchev–Trinajstić information content (AvgIpc) is 2.68. The topological polar surface area (TPSA) is 61.8 Å². The van der Waals surface area contributed by atoms with Crippen LogP contribution in [0.25, 0.3) is 0 Å². The third-order valence-electron chi connectivity index (χ3n) is 4.58. The fraction of sp³-hybridized carbons (Fsp3) is 0.364. The first-order valence-electron chi connectivity index (χ1n) is 8.68. The van der Waals surface area contributed by atoms with Crippen molar-refractivity contribution in [3.8, 4) is 11.5 Å². The average molecular weight is 370 g/mol. The van der Waals surface area contributed by atoms with E-state index in [1.54, 1.807) is 76.2 Å². The fourth-order valence-corrected chi connectivity index (χ4v) is 2.37. The van der Waals surface area contributed by atoms with E-state index in [9.17, 15) is 9.59 Å². The number of ketones is 2. The first kappa shape index (κ1) is 20.8. The number of Topliss-reactive ketones (excluding diaryl/α,β-unsaturated/α-hetero) is 2. The van der Waals surface area contributed by atoms with Gasteiger partial charge in [0.25, 0.3) is 0 Å². The van der Waals surface area contributed by atoms with Gasteiger partial charge in [0.2, 0.25) is 0 Å². The largest absolute Gasteiger partial charge is 0.457 e. The van der Waals surface area contributed by atoms with E-state index >= 15 is 0 Å². The summed E-state index contributed by atoms with van der Waals surface area (Å²) in [5.74, 6) is 0.997. The van der Waals surface area contributed by atoms with Gasteiger partial charge in [-0.15, -0.1) is 0 Å². The lowest BCUT2D eigenvalue weighted by atomic mass is 9.96. The van der Waals surface area contributed by atoms with E-state index in [4.69, 9.17) is 14.2 Å². The van der Waals surface area contributed by atoms with Crippen molar-refractivity contribution in [3.63, 3.8) is 0 Å². The molecule has 0 fully saturated rings. The molecule has 0 atom stereocenters. The Kier molecular flexibility index (Phi) is 6.19. The molecule has 0 aromatic heterocycles. The number of benzene rings is 2. The first-order valence-corrected chi connectivity index (χ1v) is 8.68. The molecule has 2 rings (SSSR count). The standard InChI is InChI=1S/C22H26O5/c1-21(2,25-5)19(23)15-7-11-17(12-8-15)27-18-13-9-16(10-14-18)20(24)22(3,4)26-6/h7-14H,1-6H3. The number of carbonyl (C=O) groups is 2. The highest BCUT2D eigenvalue weighted by Gasteiger charge is 2.29. The van der Waals surface area contributed by atoms with E-state index in [0.29, 0.717) is 22.6 Å². The van der Waals surface area contributed by atoms with E-state index in [1.807, 2.05) is 0 Å². The Morgan fingerprint density at radius 2 is 0.926 bits per heavy atom. The number of hydrogen-bond acceptors (Lipinski definition) is 5. The first-order chi connectivity index (χ1) is 12.6. The van der Waals surface area contributed by atoms with Crippen molar-refractivity contribution in [3.05, 3.63) is 59.7 Å². The molecule has 0 aliphatic carbocycles. The summed E-state index contributed by atoms with van der Waals surface area (Å²) in [6.07, 6.45) is 0. The molecule has 0 aliphatic heterocycles. The normalized spacial score (nSPS) is 11.9. The molecule has 0 radical (unpaired) electrons. The predicted octanol–water partition coefficient (Wildman–Crippen LogP) is 4.69. The summed E-state index contributed by atoms with van der Waals surface area (Å²) in [6, 6.07) is 13.7. The maximum atomic E-state index is 12.4. The quantitative estimate of drug-likeness (QED) is 0.631. The van der Waals surface area contributed by atoms with Gasteiger partial charge in [-0.25, -0.2) is 0 Å². The summed E-state index contributed by atoms with van der Waals surface area (Å²) in [5.41, 5.74) is -0.643. The van der Waals surface area contributed by atoms with Crippen molar-refractivity contribution in [1.29, 1.82) is 0 Å². The van der Waals surface area contributed by atoms with Gasteiger partial charge in [-0.1, -0.05) is 0 Å². The Hall–Kier alpha value is -2.50. The molecule has 0 saturated heterocycles. The Morgan fingerprint density at radius 1 is 0.630 bits per heavy atom. The third-order valence-corrected chi connectivity index (χ3v) is 4.58. The van der Waals surface area contributed by atoms with Crippen molar-refractivity contribution >= 4 is 11.6 Å². The van der Waals surface area contributed by atoms with Gasteiger partial charge < -0.3 is 14.2 Å². The lowest BCUT2D eigenvalue weighted by molar-refractivity contribution is 0.0228. The molecule has 0 saturated carbocycles. The van der Waals surface area contributed by atoms with E-state index in [1.165, 1.54) is 14.2 Å². The van der Waals surface area contributed by atoms with Gasteiger partial charge in [0.05, 0.1) is 0 Å². The second kappa shape index (κ2) is 8.03. The highest BCUT2D eigenvalue weighted by molar-refractivity contribution is 6.02. The Balaban J connectivity index is 2.10. The maximum absolute atomic E-state index is 12.4. The Labute approximate surface area is 160 Å². The van der Waals surface area contributed by atoms with Gasteiger partial charge in [-0.2, -0.15) is 0 Å². The minimum absolute atomic E-state index is 0.0971. The lowest BCUT2D eigenvalue weighted by Crippen LogP contribution is -2.33. The number of hydrogen-bond donors (Lipinski definition) is 0. The molecular weight excluding hydrogens is 344 g/mol. The van der Waals surface area contributed by atoms with Crippen LogP contribution in [-0.2, 0) is 9.47 Å². The van der Waals surface area contributed by atoms with Crippen LogP contribution in [0.3, 0.4) is 0 Å². The molecule has 0 spiro atoms. The summed E-state index contributed by atoms with van der Waals surface area (Å²) < 4.78 is 16.2. The van der Waals surface area contributed by atoms with E-state index in [2.05, 4.69) is 0 Å². The van der Waals surface area contributed by atoms with Crippen molar-refractivity contribution in [2.45, 2.75) is 38.9 Å². The van der Waals surface area contributed by atoms with Gasteiger partial charge >= 0.3 is 0 Å². The molecule has 2 aromatic carbocycles. The molecule has 0 bridgehead atoms. The zero-order chi connectivity index (χ0) is 20.2. The molecule has 0 amide bonds. The number of ether oxygens (including phenoxy) is 3. The van der Waals surface area contributed by atoms with Gasteiger partial charge in [-0.05, 0) is 76.2 Å². The second-order valence-corrected chi connectivity index (χ2v) is 7.24. The van der Waals surface area contributed by atoms with Crippen molar-refractivity contribution < 1.29 is 23.8 Å². The Morgan fingerprint density at radius 3 is 1.19 bits per heavy atom. The molecule has 5 heteroatoms. The second-order valence-electron chi connectivity index (χ2n) is 7.24. The van der Waals surface area contributed by atoms with Crippen LogP contribution in [0.5, 0.6) is 11.5 Å². The minimum atomic E-state index is -0.874. The van der Waals surface area contributed by atoms with Crippen LogP contribution in [0.2, 0.25) is 0 Å². The molecule has 0 aliphatic rings. The summed E-state index contributed by atoms with van der Waals surface area (Å²) in [6.45, 7) is 6.92. The molecule has 144 valence electrons.